The van der Waals surface area contributed by atoms with E-state index >= 15 is 0 Å². The van der Waals surface area contributed by atoms with Gasteiger partial charge in [-0.05, 0) is 24.1 Å². The summed E-state index contributed by atoms with van der Waals surface area (Å²) < 4.78 is 0. The molecule has 1 rings (SSSR count). The van der Waals surface area contributed by atoms with Gasteiger partial charge in [0, 0.05) is 25.5 Å². The lowest BCUT2D eigenvalue weighted by molar-refractivity contribution is 0.516. The van der Waals surface area contributed by atoms with Crippen molar-refractivity contribution in [3.8, 4) is 0 Å². The number of rotatable bonds is 6. The van der Waals surface area contributed by atoms with Gasteiger partial charge < -0.3 is 0 Å². The first-order valence-electron chi connectivity index (χ1n) is 4.78. The molecular weight excluding hydrogens is 162 g/mol. The number of pyridine rings is 1. The van der Waals surface area contributed by atoms with Crippen LogP contribution in [0.15, 0.2) is 24.5 Å². The number of hydrogen-bond acceptors (Lipinski definition) is 3. The molecule has 0 aliphatic heterocycles. The molecule has 1 aromatic heterocycles. The second-order valence-corrected chi connectivity index (χ2v) is 2.99. The SMILES string of the molecule is CCCCNNCc1ccncc1. The van der Waals surface area contributed by atoms with E-state index in [0.717, 1.165) is 13.1 Å². The Hall–Kier alpha value is -0.930. The van der Waals surface area contributed by atoms with Crippen molar-refractivity contribution in [2.75, 3.05) is 6.54 Å². The molecule has 2 N–H and O–H groups in total. The molecule has 0 bridgehead atoms. The molecule has 3 nitrogen and oxygen atoms in total. The van der Waals surface area contributed by atoms with Crippen molar-refractivity contribution in [2.24, 2.45) is 0 Å². The number of nitrogens with one attached hydrogen (secondary N) is 2. The third-order valence-corrected chi connectivity index (χ3v) is 1.82. The first kappa shape index (κ1) is 10.2. The predicted octanol–water partition coefficient (Wildman–Crippen LogP) is 1.48. The summed E-state index contributed by atoms with van der Waals surface area (Å²) in [6.07, 6.45) is 6.05. The first-order valence-corrected chi connectivity index (χ1v) is 4.78. The van der Waals surface area contributed by atoms with Crippen LogP contribution in [0, 0.1) is 0 Å². The van der Waals surface area contributed by atoms with Crippen LogP contribution in [-0.2, 0) is 6.54 Å². The molecule has 0 fully saturated rings. The molecule has 3 heteroatoms. The molecule has 0 amide bonds. The molecule has 0 aromatic carbocycles. The molecule has 0 saturated heterocycles. The van der Waals surface area contributed by atoms with Crippen molar-refractivity contribution in [3.63, 3.8) is 0 Å². The number of hydrogen-bond donors (Lipinski definition) is 2. The molecule has 0 radical (unpaired) electrons. The zero-order valence-electron chi connectivity index (χ0n) is 8.09. The maximum atomic E-state index is 3.95. The van der Waals surface area contributed by atoms with Crippen molar-refractivity contribution in [1.82, 2.24) is 15.8 Å². The molecule has 0 atom stereocenters. The van der Waals surface area contributed by atoms with Crippen molar-refractivity contribution < 1.29 is 0 Å². The van der Waals surface area contributed by atoms with Crippen LogP contribution in [0.25, 0.3) is 0 Å². The summed E-state index contributed by atoms with van der Waals surface area (Å²) in [5.74, 6) is 0. The molecule has 0 aliphatic rings. The van der Waals surface area contributed by atoms with E-state index in [2.05, 4.69) is 22.8 Å². The van der Waals surface area contributed by atoms with Gasteiger partial charge in [-0.15, -0.1) is 0 Å². The third-order valence-electron chi connectivity index (χ3n) is 1.82. The van der Waals surface area contributed by atoms with Gasteiger partial charge in [-0.2, -0.15) is 0 Å². The van der Waals surface area contributed by atoms with Crippen LogP contribution in [0.3, 0.4) is 0 Å². The molecule has 13 heavy (non-hydrogen) atoms. The Balaban J connectivity index is 2.07. The van der Waals surface area contributed by atoms with Gasteiger partial charge in [0.05, 0.1) is 0 Å². The summed E-state index contributed by atoms with van der Waals surface area (Å²) in [7, 11) is 0. The van der Waals surface area contributed by atoms with Gasteiger partial charge >= 0.3 is 0 Å². The second-order valence-electron chi connectivity index (χ2n) is 2.99. The Morgan fingerprint density at radius 3 is 2.69 bits per heavy atom. The molecule has 0 aliphatic carbocycles. The zero-order chi connectivity index (χ0) is 9.36. The summed E-state index contributed by atoms with van der Waals surface area (Å²) in [5, 5.41) is 0. The topological polar surface area (TPSA) is 37.0 Å². The molecule has 1 heterocycles. The van der Waals surface area contributed by atoms with E-state index < -0.39 is 0 Å². The highest BCUT2D eigenvalue weighted by molar-refractivity contribution is 5.08. The molecule has 0 saturated carbocycles. The van der Waals surface area contributed by atoms with Crippen LogP contribution in [-0.4, -0.2) is 11.5 Å². The van der Waals surface area contributed by atoms with E-state index in [4.69, 9.17) is 0 Å². The van der Waals surface area contributed by atoms with Crippen molar-refractivity contribution in [3.05, 3.63) is 30.1 Å². The van der Waals surface area contributed by atoms with Gasteiger partial charge in [0.2, 0.25) is 0 Å². The average molecular weight is 179 g/mol. The number of nitrogens with zero attached hydrogens (tertiary/aromatic N) is 1. The molecule has 1 aromatic rings. The van der Waals surface area contributed by atoms with E-state index in [-0.39, 0.29) is 0 Å². The van der Waals surface area contributed by atoms with E-state index in [9.17, 15) is 0 Å². The van der Waals surface area contributed by atoms with Crippen LogP contribution in [0.2, 0.25) is 0 Å². The average Bonchev–Trinajstić information content (AvgIpc) is 2.19. The maximum Gasteiger partial charge on any atom is 0.0352 e. The van der Waals surface area contributed by atoms with E-state index in [1.165, 1.54) is 18.4 Å². The number of unbranched alkanes of at least 4 members (excludes halogenated alkanes) is 1. The van der Waals surface area contributed by atoms with Gasteiger partial charge in [0.1, 0.15) is 0 Å². The third kappa shape index (κ3) is 4.60. The smallest absolute Gasteiger partial charge is 0.0352 e. The molecule has 72 valence electrons. The fourth-order valence-electron chi connectivity index (χ4n) is 1.02. The minimum absolute atomic E-state index is 0.853. The van der Waals surface area contributed by atoms with Crippen LogP contribution in [0.5, 0.6) is 0 Å². The van der Waals surface area contributed by atoms with E-state index in [1.54, 1.807) is 0 Å². The molecule has 0 unspecified atom stereocenters. The summed E-state index contributed by atoms with van der Waals surface area (Å²) in [5.41, 5.74) is 7.57. The van der Waals surface area contributed by atoms with Gasteiger partial charge in [0.15, 0.2) is 0 Å². The minimum atomic E-state index is 0.853. The minimum Gasteiger partial charge on any atom is -0.265 e. The van der Waals surface area contributed by atoms with Gasteiger partial charge in [-0.3, -0.25) is 15.8 Å². The Bertz CT molecular complexity index is 211. The van der Waals surface area contributed by atoms with Crippen LogP contribution < -0.4 is 10.9 Å². The van der Waals surface area contributed by atoms with Crippen LogP contribution in [0.1, 0.15) is 25.3 Å². The maximum absolute atomic E-state index is 3.95. The largest absolute Gasteiger partial charge is 0.265 e. The number of aromatic nitrogens is 1. The Labute approximate surface area is 79.5 Å². The summed E-state index contributed by atoms with van der Waals surface area (Å²) in [4.78, 5) is 3.95. The van der Waals surface area contributed by atoms with Crippen molar-refractivity contribution in [2.45, 2.75) is 26.3 Å². The summed E-state index contributed by atoms with van der Waals surface area (Å²) >= 11 is 0. The second kappa shape index (κ2) is 6.57. The van der Waals surface area contributed by atoms with Gasteiger partial charge in [-0.1, -0.05) is 13.3 Å². The summed E-state index contributed by atoms with van der Waals surface area (Å²) in [6.45, 7) is 4.07. The quantitative estimate of drug-likeness (QED) is 0.513. The fourth-order valence-corrected chi connectivity index (χ4v) is 1.02. The normalized spacial score (nSPS) is 10.2. The fraction of sp³-hybridized carbons (Fsp3) is 0.500. The Morgan fingerprint density at radius 1 is 1.23 bits per heavy atom. The van der Waals surface area contributed by atoms with Crippen LogP contribution in [0.4, 0.5) is 0 Å². The predicted molar refractivity (Wildman–Crippen MR) is 54.0 cm³/mol. The highest BCUT2D eigenvalue weighted by Crippen LogP contribution is 1.93. The Morgan fingerprint density at radius 2 is 2.00 bits per heavy atom. The highest BCUT2D eigenvalue weighted by Gasteiger charge is 1.89. The highest BCUT2D eigenvalue weighted by atomic mass is 15.3. The summed E-state index contributed by atoms with van der Waals surface area (Å²) in [6, 6.07) is 4.02. The Kier molecular flexibility index (Phi) is 5.13. The number of hydrazine groups is 1. The van der Waals surface area contributed by atoms with Crippen LogP contribution >= 0.6 is 0 Å². The van der Waals surface area contributed by atoms with Gasteiger partial charge in [-0.25, -0.2) is 0 Å². The van der Waals surface area contributed by atoms with Crippen molar-refractivity contribution in [1.29, 1.82) is 0 Å². The standard InChI is InChI=1S/C10H17N3/c1-2-3-6-12-13-9-10-4-7-11-8-5-10/h4-5,7-8,12-13H,2-3,6,9H2,1H3. The van der Waals surface area contributed by atoms with E-state index in [1.807, 2.05) is 24.5 Å². The lowest BCUT2D eigenvalue weighted by atomic mass is 10.3. The molecular formula is C10H17N3. The lowest BCUT2D eigenvalue weighted by Gasteiger charge is -2.05. The van der Waals surface area contributed by atoms with Crippen molar-refractivity contribution >= 4 is 0 Å². The van der Waals surface area contributed by atoms with Gasteiger partial charge in [0.25, 0.3) is 0 Å². The molecule has 0 spiro atoms. The van der Waals surface area contributed by atoms with E-state index in [0.29, 0.717) is 0 Å². The first-order chi connectivity index (χ1) is 6.43. The monoisotopic (exact) mass is 179 g/mol. The lowest BCUT2D eigenvalue weighted by Crippen LogP contribution is -2.31. The zero-order valence-corrected chi connectivity index (χ0v) is 8.09.